The average molecular weight is 290 g/mol. The Hall–Kier alpha value is -0.170. The summed E-state index contributed by atoms with van der Waals surface area (Å²) in [5.41, 5.74) is 0. The molecule has 0 aromatic heterocycles. The second-order valence-electron chi connectivity index (χ2n) is 5.60. The van der Waals surface area contributed by atoms with Crippen LogP contribution in [0.4, 0.5) is 0 Å². The van der Waals surface area contributed by atoms with Crippen molar-refractivity contribution in [1.82, 2.24) is 10.2 Å². The fraction of sp³-hybridized carbons (Fsp3) is 1.00. The normalized spacial score (nSPS) is 28.5. The van der Waals surface area contributed by atoms with Gasteiger partial charge in [0, 0.05) is 31.4 Å². The lowest BCUT2D eigenvalue weighted by Gasteiger charge is -2.35. The van der Waals surface area contributed by atoms with Gasteiger partial charge >= 0.3 is 0 Å². The van der Waals surface area contributed by atoms with Crippen molar-refractivity contribution in [1.29, 1.82) is 0 Å². The number of hydrogen-bond donors (Lipinski definition) is 1. The second kappa shape index (κ2) is 7.02. The lowest BCUT2D eigenvalue weighted by atomic mass is 10.2. The third-order valence-electron chi connectivity index (χ3n) is 3.94. The number of nitrogens with one attached hydrogen (secondary N) is 1. The molecule has 6 heteroatoms. The Morgan fingerprint density at radius 3 is 3.00 bits per heavy atom. The minimum Gasteiger partial charge on any atom is -0.374 e. The van der Waals surface area contributed by atoms with E-state index < -0.39 is 9.84 Å². The van der Waals surface area contributed by atoms with E-state index in [1.54, 1.807) is 0 Å². The van der Waals surface area contributed by atoms with Gasteiger partial charge < -0.3 is 10.1 Å². The maximum atomic E-state index is 11.6. The van der Waals surface area contributed by atoms with Crippen LogP contribution in [0.25, 0.3) is 0 Å². The maximum absolute atomic E-state index is 11.6. The van der Waals surface area contributed by atoms with Crippen LogP contribution < -0.4 is 5.32 Å². The van der Waals surface area contributed by atoms with E-state index in [4.69, 9.17) is 4.74 Å². The monoisotopic (exact) mass is 290 g/mol. The third-order valence-corrected chi connectivity index (χ3v) is 5.79. The maximum Gasteiger partial charge on any atom is 0.151 e. The van der Waals surface area contributed by atoms with Gasteiger partial charge in [-0.05, 0) is 25.8 Å². The summed E-state index contributed by atoms with van der Waals surface area (Å²) in [5.74, 6) is 0.532. The summed E-state index contributed by atoms with van der Waals surface area (Å²) < 4.78 is 28.9. The van der Waals surface area contributed by atoms with Crippen LogP contribution in [0.1, 0.15) is 26.2 Å². The first-order valence-corrected chi connectivity index (χ1v) is 9.19. The Morgan fingerprint density at radius 2 is 2.21 bits per heavy atom. The minimum atomic E-state index is -2.86. The summed E-state index contributed by atoms with van der Waals surface area (Å²) in [4.78, 5) is 2.50. The molecule has 0 amide bonds. The van der Waals surface area contributed by atoms with Gasteiger partial charge in [0.05, 0.1) is 18.5 Å². The van der Waals surface area contributed by atoms with Gasteiger partial charge in [-0.25, -0.2) is 8.42 Å². The molecule has 0 radical (unpaired) electrons. The molecule has 2 heterocycles. The molecule has 0 saturated carbocycles. The lowest BCUT2D eigenvalue weighted by molar-refractivity contribution is -0.0467. The fourth-order valence-electron chi connectivity index (χ4n) is 2.91. The zero-order valence-electron chi connectivity index (χ0n) is 11.8. The molecule has 5 nitrogen and oxygen atoms in total. The predicted octanol–water partition coefficient (Wildman–Crippen LogP) is 0.264. The molecule has 0 aliphatic carbocycles. The molecule has 2 aliphatic rings. The van der Waals surface area contributed by atoms with Crippen molar-refractivity contribution in [3.05, 3.63) is 0 Å². The molecule has 2 saturated heterocycles. The van der Waals surface area contributed by atoms with Crippen LogP contribution in [-0.4, -0.2) is 69.8 Å². The molecule has 2 aliphatic heterocycles. The van der Waals surface area contributed by atoms with E-state index in [1.165, 1.54) is 19.4 Å². The van der Waals surface area contributed by atoms with E-state index in [0.717, 1.165) is 19.7 Å². The van der Waals surface area contributed by atoms with Gasteiger partial charge in [-0.1, -0.05) is 6.92 Å². The van der Waals surface area contributed by atoms with Crippen LogP contribution in [-0.2, 0) is 14.6 Å². The molecule has 2 unspecified atom stereocenters. The number of ether oxygens (including phenoxy) is 1. The molecule has 0 aromatic rings. The highest BCUT2D eigenvalue weighted by molar-refractivity contribution is 7.91. The quantitative estimate of drug-likeness (QED) is 0.682. The molecule has 0 aromatic carbocycles. The fourth-order valence-corrected chi connectivity index (χ4v) is 4.19. The van der Waals surface area contributed by atoms with Gasteiger partial charge in [0.15, 0.2) is 9.84 Å². The van der Waals surface area contributed by atoms with Crippen LogP contribution in [0.3, 0.4) is 0 Å². The Morgan fingerprint density at radius 1 is 1.37 bits per heavy atom. The molecule has 1 N–H and O–H groups in total. The van der Waals surface area contributed by atoms with Gasteiger partial charge in [0.25, 0.3) is 0 Å². The highest BCUT2D eigenvalue weighted by atomic mass is 32.2. The van der Waals surface area contributed by atoms with Crippen molar-refractivity contribution >= 4 is 9.84 Å². The molecule has 112 valence electrons. The number of sulfone groups is 1. The van der Waals surface area contributed by atoms with Crippen molar-refractivity contribution < 1.29 is 13.2 Å². The average Bonchev–Trinajstić information content (AvgIpc) is 2.82. The Labute approximate surface area is 116 Å². The number of rotatable bonds is 7. The largest absolute Gasteiger partial charge is 0.374 e. The Kier molecular flexibility index (Phi) is 5.62. The lowest BCUT2D eigenvalue weighted by Crippen LogP contribution is -2.49. The first-order chi connectivity index (χ1) is 9.11. The highest BCUT2D eigenvalue weighted by Crippen LogP contribution is 2.22. The van der Waals surface area contributed by atoms with Crippen LogP contribution >= 0.6 is 0 Å². The van der Waals surface area contributed by atoms with Crippen molar-refractivity contribution in [2.45, 2.75) is 38.3 Å². The molecule has 2 atom stereocenters. The number of hydrogen-bond acceptors (Lipinski definition) is 5. The van der Waals surface area contributed by atoms with Crippen molar-refractivity contribution in [2.75, 3.05) is 44.3 Å². The Balaban J connectivity index is 1.61. The topological polar surface area (TPSA) is 58.6 Å². The van der Waals surface area contributed by atoms with Crippen LogP contribution in [0.2, 0.25) is 0 Å². The van der Waals surface area contributed by atoms with E-state index >= 15 is 0 Å². The van der Waals surface area contributed by atoms with Crippen LogP contribution in [0.15, 0.2) is 0 Å². The number of nitrogens with zero attached hydrogens (tertiary/aromatic N) is 1. The van der Waals surface area contributed by atoms with Crippen LogP contribution in [0.5, 0.6) is 0 Å². The minimum absolute atomic E-state index is 0.211. The molecule has 0 spiro atoms. The number of morpholine rings is 1. The van der Waals surface area contributed by atoms with Crippen LogP contribution in [0, 0.1) is 0 Å². The van der Waals surface area contributed by atoms with Gasteiger partial charge in [0.1, 0.15) is 0 Å². The smallest absolute Gasteiger partial charge is 0.151 e. The summed E-state index contributed by atoms with van der Waals surface area (Å²) in [5, 5.41) is 3.22. The first-order valence-electron chi connectivity index (χ1n) is 7.37. The molecule has 2 fully saturated rings. The van der Waals surface area contributed by atoms with E-state index in [2.05, 4.69) is 10.2 Å². The standard InChI is InChI=1S/C13H26N2O3S/c1-2-7-19(16,17)8-5-14-9-13-10-15-6-3-4-12(15)11-18-13/h12-14H,2-11H2,1H3. The summed E-state index contributed by atoms with van der Waals surface area (Å²) in [6, 6.07) is 0.626. The van der Waals surface area contributed by atoms with Gasteiger partial charge in [0.2, 0.25) is 0 Å². The zero-order chi connectivity index (χ0) is 13.7. The van der Waals surface area contributed by atoms with E-state index in [9.17, 15) is 8.42 Å². The molecular weight excluding hydrogens is 264 g/mol. The van der Waals surface area contributed by atoms with Gasteiger partial charge in [-0.3, -0.25) is 4.90 Å². The Bertz CT molecular complexity index is 372. The van der Waals surface area contributed by atoms with E-state index in [-0.39, 0.29) is 11.9 Å². The third kappa shape index (κ3) is 4.70. The summed E-state index contributed by atoms with van der Waals surface area (Å²) >= 11 is 0. The summed E-state index contributed by atoms with van der Waals surface area (Å²) in [6.07, 6.45) is 3.45. The van der Waals surface area contributed by atoms with E-state index in [1.807, 2.05) is 6.92 Å². The van der Waals surface area contributed by atoms with Gasteiger partial charge in [-0.15, -0.1) is 0 Å². The molecule has 19 heavy (non-hydrogen) atoms. The zero-order valence-corrected chi connectivity index (χ0v) is 12.6. The SMILES string of the molecule is CCCS(=O)(=O)CCNCC1CN2CCCC2CO1. The van der Waals surface area contributed by atoms with Gasteiger partial charge in [-0.2, -0.15) is 0 Å². The van der Waals surface area contributed by atoms with Crippen molar-refractivity contribution in [2.24, 2.45) is 0 Å². The summed E-state index contributed by atoms with van der Waals surface area (Å²) in [6.45, 7) is 6.19. The van der Waals surface area contributed by atoms with Crippen molar-refractivity contribution in [3.8, 4) is 0 Å². The van der Waals surface area contributed by atoms with E-state index in [0.29, 0.717) is 24.8 Å². The molecular formula is C13H26N2O3S. The first kappa shape index (κ1) is 15.2. The highest BCUT2D eigenvalue weighted by Gasteiger charge is 2.31. The second-order valence-corrected chi connectivity index (χ2v) is 7.91. The summed E-state index contributed by atoms with van der Waals surface area (Å²) in [7, 11) is -2.86. The number of fused-ring (bicyclic) bond motifs is 1. The predicted molar refractivity (Wildman–Crippen MR) is 76.1 cm³/mol. The molecule has 2 rings (SSSR count). The molecule has 0 bridgehead atoms. The van der Waals surface area contributed by atoms with Crippen molar-refractivity contribution in [3.63, 3.8) is 0 Å².